The summed E-state index contributed by atoms with van der Waals surface area (Å²) in [6.07, 6.45) is 9.27. The lowest BCUT2D eigenvalue weighted by molar-refractivity contribution is -0.160. The van der Waals surface area contributed by atoms with Gasteiger partial charge in [-0.3, -0.25) is 14.1 Å². The number of fused-ring (bicyclic) bond motifs is 2. The SMILES string of the molecule is CC(=CC1C=C(C)C2CCC(C)C2C12OC(=O)C(C)=C2OS(=O)(=O)O)CCCC1=CCN(CC(=O)O)C1=O. The Morgan fingerprint density at radius 2 is 2.00 bits per heavy atom. The first-order valence-electron chi connectivity index (χ1n) is 12.9. The van der Waals surface area contributed by atoms with Crippen LogP contribution < -0.4 is 0 Å². The van der Waals surface area contributed by atoms with E-state index in [4.69, 9.17) is 14.0 Å². The summed E-state index contributed by atoms with van der Waals surface area (Å²) < 4.78 is 44.4. The van der Waals surface area contributed by atoms with Crippen LogP contribution in [0.25, 0.3) is 0 Å². The topological polar surface area (TPSA) is 148 Å². The molecule has 11 heteroatoms. The molecule has 1 amide bonds. The van der Waals surface area contributed by atoms with E-state index >= 15 is 0 Å². The minimum Gasteiger partial charge on any atom is -0.480 e. The molecule has 2 aliphatic heterocycles. The molecule has 10 nitrogen and oxygen atoms in total. The van der Waals surface area contributed by atoms with Crippen molar-refractivity contribution >= 4 is 28.2 Å². The smallest absolute Gasteiger partial charge is 0.446 e. The third-order valence-corrected chi connectivity index (χ3v) is 8.75. The van der Waals surface area contributed by atoms with Crippen LogP contribution in [0.5, 0.6) is 0 Å². The van der Waals surface area contributed by atoms with Gasteiger partial charge in [0.05, 0.1) is 5.57 Å². The first kappa shape index (κ1) is 28.1. The van der Waals surface area contributed by atoms with Gasteiger partial charge in [0, 0.05) is 24.0 Å². The summed E-state index contributed by atoms with van der Waals surface area (Å²) in [5, 5.41) is 8.96. The molecule has 208 valence electrons. The average Bonchev–Trinajstić information content (AvgIpc) is 3.43. The summed E-state index contributed by atoms with van der Waals surface area (Å²) in [6.45, 7) is 7.44. The van der Waals surface area contributed by atoms with Crippen LogP contribution in [0.3, 0.4) is 0 Å². The molecule has 1 saturated carbocycles. The number of carboxylic acid groups (broad SMARTS) is 1. The molecule has 4 rings (SSSR count). The van der Waals surface area contributed by atoms with E-state index in [1.165, 1.54) is 11.8 Å². The number of amides is 1. The average molecular weight is 550 g/mol. The van der Waals surface area contributed by atoms with Crippen molar-refractivity contribution in [2.24, 2.45) is 23.7 Å². The second-order valence-corrected chi connectivity index (χ2v) is 12.0. The Labute approximate surface area is 223 Å². The number of esters is 1. The molecule has 1 fully saturated rings. The summed E-state index contributed by atoms with van der Waals surface area (Å²) in [5.74, 6) is -2.65. The third kappa shape index (κ3) is 5.18. The van der Waals surface area contributed by atoms with Crippen molar-refractivity contribution in [3.8, 4) is 0 Å². The fourth-order valence-corrected chi connectivity index (χ4v) is 7.20. The van der Waals surface area contributed by atoms with E-state index in [9.17, 15) is 27.4 Å². The van der Waals surface area contributed by atoms with Crippen LogP contribution in [0.4, 0.5) is 0 Å². The fraction of sp³-hybridized carbons (Fsp3) is 0.593. The van der Waals surface area contributed by atoms with Crippen LogP contribution in [0.2, 0.25) is 0 Å². The van der Waals surface area contributed by atoms with Crippen LogP contribution in [0, 0.1) is 23.7 Å². The number of rotatable bonds is 9. The van der Waals surface area contributed by atoms with E-state index in [0.29, 0.717) is 24.8 Å². The van der Waals surface area contributed by atoms with Gasteiger partial charge in [-0.1, -0.05) is 36.3 Å². The van der Waals surface area contributed by atoms with Crippen LogP contribution >= 0.6 is 0 Å². The molecule has 0 aromatic carbocycles. The minimum atomic E-state index is -4.90. The van der Waals surface area contributed by atoms with Crippen molar-refractivity contribution in [2.75, 3.05) is 13.1 Å². The molecule has 4 aliphatic rings. The molecule has 2 N–H and O–H groups in total. The number of hydrogen-bond acceptors (Lipinski definition) is 7. The predicted octanol–water partition coefficient (Wildman–Crippen LogP) is 3.58. The van der Waals surface area contributed by atoms with Crippen molar-refractivity contribution in [3.05, 3.63) is 46.3 Å². The fourth-order valence-electron chi connectivity index (χ4n) is 6.74. The Morgan fingerprint density at radius 3 is 2.66 bits per heavy atom. The predicted molar refractivity (Wildman–Crippen MR) is 137 cm³/mol. The van der Waals surface area contributed by atoms with E-state index < -0.39 is 33.9 Å². The molecule has 1 spiro atoms. The maximum Gasteiger partial charge on any atom is 0.446 e. The molecule has 0 aromatic rings. The van der Waals surface area contributed by atoms with Gasteiger partial charge < -0.3 is 18.9 Å². The molecule has 5 unspecified atom stereocenters. The lowest BCUT2D eigenvalue weighted by atomic mass is 9.62. The number of ether oxygens (including phenoxy) is 1. The summed E-state index contributed by atoms with van der Waals surface area (Å²) in [7, 11) is -4.90. The van der Waals surface area contributed by atoms with Gasteiger partial charge in [-0.05, 0) is 64.7 Å². The van der Waals surface area contributed by atoms with Crippen LogP contribution in [0.15, 0.2) is 46.3 Å². The highest BCUT2D eigenvalue weighted by atomic mass is 32.3. The third-order valence-electron chi connectivity index (χ3n) is 8.38. The zero-order valence-corrected chi connectivity index (χ0v) is 22.9. The normalized spacial score (nSPS) is 31.5. The lowest BCUT2D eigenvalue weighted by Gasteiger charge is -2.47. The number of nitrogens with zero attached hydrogens (tertiary/aromatic N) is 1. The summed E-state index contributed by atoms with van der Waals surface area (Å²) >= 11 is 0. The van der Waals surface area contributed by atoms with Crippen LogP contribution in [-0.4, -0.2) is 59.5 Å². The number of hydrogen-bond donors (Lipinski definition) is 2. The van der Waals surface area contributed by atoms with Gasteiger partial charge >= 0.3 is 22.3 Å². The molecule has 2 aliphatic carbocycles. The maximum atomic E-state index is 12.8. The van der Waals surface area contributed by atoms with Crippen LogP contribution in [0.1, 0.15) is 59.8 Å². The van der Waals surface area contributed by atoms with E-state index in [1.807, 2.05) is 26.0 Å². The molecule has 0 bridgehead atoms. The molecule has 0 radical (unpaired) electrons. The van der Waals surface area contributed by atoms with Crippen molar-refractivity contribution in [2.45, 2.75) is 65.4 Å². The van der Waals surface area contributed by atoms with E-state index in [1.54, 1.807) is 6.08 Å². The van der Waals surface area contributed by atoms with Gasteiger partial charge in [0.15, 0.2) is 11.4 Å². The number of carboxylic acids is 1. The molecule has 0 aromatic heterocycles. The monoisotopic (exact) mass is 549 g/mol. The number of aliphatic carboxylic acids is 1. The zero-order chi connectivity index (χ0) is 28.0. The first-order chi connectivity index (χ1) is 17.7. The molecule has 0 saturated heterocycles. The zero-order valence-electron chi connectivity index (χ0n) is 22.1. The van der Waals surface area contributed by atoms with Gasteiger partial charge in [0.2, 0.25) is 5.91 Å². The van der Waals surface area contributed by atoms with Crippen molar-refractivity contribution < 1.29 is 41.4 Å². The Hall–Kier alpha value is -2.92. The second kappa shape index (κ2) is 10.3. The number of carbonyl (C=O) groups is 3. The summed E-state index contributed by atoms with van der Waals surface area (Å²) in [4.78, 5) is 37.5. The highest BCUT2D eigenvalue weighted by Gasteiger charge is 2.64. The van der Waals surface area contributed by atoms with Gasteiger partial charge in [0.25, 0.3) is 0 Å². The van der Waals surface area contributed by atoms with Gasteiger partial charge in [0.1, 0.15) is 6.54 Å². The highest BCUT2D eigenvalue weighted by Crippen LogP contribution is 2.59. The quantitative estimate of drug-likeness (QED) is 0.250. The molecule has 5 atom stereocenters. The minimum absolute atomic E-state index is 0.0297. The largest absolute Gasteiger partial charge is 0.480 e. The van der Waals surface area contributed by atoms with Gasteiger partial charge in [-0.25, -0.2) is 4.79 Å². The van der Waals surface area contributed by atoms with Crippen molar-refractivity contribution in [3.63, 3.8) is 0 Å². The first-order valence-corrected chi connectivity index (χ1v) is 14.3. The molecule has 38 heavy (non-hydrogen) atoms. The Balaban J connectivity index is 1.59. The number of allylic oxidation sites excluding steroid dienone is 2. The van der Waals surface area contributed by atoms with E-state index in [0.717, 1.165) is 24.0 Å². The Kier molecular flexibility index (Phi) is 7.64. The Morgan fingerprint density at radius 1 is 1.29 bits per heavy atom. The lowest BCUT2D eigenvalue weighted by Crippen LogP contribution is -2.53. The van der Waals surface area contributed by atoms with E-state index in [-0.39, 0.29) is 48.1 Å². The van der Waals surface area contributed by atoms with Crippen molar-refractivity contribution in [1.29, 1.82) is 0 Å². The van der Waals surface area contributed by atoms with E-state index in [2.05, 4.69) is 6.92 Å². The molecular formula is C27H35NO9S. The van der Waals surface area contributed by atoms with Crippen molar-refractivity contribution in [1.82, 2.24) is 4.90 Å². The second-order valence-electron chi connectivity index (χ2n) is 10.9. The summed E-state index contributed by atoms with van der Waals surface area (Å²) in [5.41, 5.74) is 1.34. The number of carbonyl (C=O) groups excluding carboxylic acids is 2. The standard InChI is InChI=1S/C27H35NO9S/c1-15(6-5-7-19-10-11-28(25(19)31)14-22(29)30)12-20-13-17(3)21-9-8-16(2)23(21)27(20)24(37-38(33,34)35)18(4)26(32)36-27/h10,12-13,16,20-21,23H,5-9,11,14H2,1-4H3,(H,29,30)(H,33,34,35). The molecule has 2 heterocycles. The summed E-state index contributed by atoms with van der Waals surface area (Å²) in [6, 6.07) is 0. The molecular weight excluding hydrogens is 514 g/mol. The van der Waals surface area contributed by atoms with Gasteiger partial charge in [-0.15, -0.1) is 0 Å². The Bertz CT molecular complexity index is 1270. The van der Waals surface area contributed by atoms with Gasteiger partial charge in [-0.2, -0.15) is 8.42 Å². The van der Waals surface area contributed by atoms with Crippen LogP contribution in [-0.2, 0) is 33.7 Å². The highest BCUT2D eigenvalue weighted by molar-refractivity contribution is 7.81. The maximum absolute atomic E-state index is 12.8.